The molecule has 0 atom stereocenters. The molecule has 0 saturated carbocycles. The van der Waals surface area contributed by atoms with Crippen LogP contribution in [0, 0.1) is 0 Å². The van der Waals surface area contributed by atoms with Crippen molar-refractivity contribution in [1.29, 1.82) is 0 Å². The van der Waals surface area contributed by atoms with Crippen LogP contribution in [0.25, 0.3) is 11.1 Å². The monoisotopic (exact) mass is 277 g/mol. The lowest BCUT2D eigenvalue weighted by atomic mass is 10.1. The number of nitrogens with two attached hydrogens (primary N) is 1. The summed E-state index contributed by atoms with van der Waals surface area (Å²) in [4.78, 5) is 4.03. The van der Waals surface area contributed by atoms with Gasteiger partial charge >= 0.3 is 0 Å². The summed E-state index contributed by atoms with van der Waals surface area (Å²) in [7, 11) is 0. The van der Waals surface area contributed by atoms with Gasteiger partial charge < -0.3 is 15.9 Å². The molecule has 0 aromatic carbocycles. The maximum Gasteiger partial charge on any atom is 0.147 e. The van der Waals surface area contributed by atoms with E-state index in [0.29, 0.717) is 5.82 Å². The van der Waals surface area contributed by atoms with Crippen LogP contribution in [0.2, 0.25) is 0 Å². The quantitative estimate of drug-likeness (QED) is 0.884. The maximum absolute atomic E-state index is 5.97. The highest BCUT2D eigenvalue weighted by atomic mass is 32.1. The lowest BCUT2D eigenvalue weighted by Crippen LogP contribution is -2.40. The van der Waals surface area contributed by atoms with Crippen LogP contribution >= 0.6 is 11.5 Å². The van der Waals surface area contributed by atoms with Gasteiger partial charge in [0.05, 0.1) is 18.8 Å². The van der Waals surface area contributed by atoms with Crippen molar-refractivity contribution in [3.05, 3.63) is 24.5 Å². The fourth-order valence-electron chi connectivity index (χ4n) is 2.00. The summed E-state index contributed by atoms with van der Waals surface area (Å²) < 4.78 is 9.57. The standard InChI is InChI=1S/C12H15N5OS/c13-11-10(9-1-3-14-4-2-9)12(19-16-11)15-17-5-7-18-8-6-17/h1-4,15H,5-8H2,(H2,13,16). The first-order valence-electron chi connectivity index (χ1n) is 6.09. The van der Waals surface area contributed by atoms with Crippen LogP contribution in [-0.2, 0) is 4.74 Å². The number of hydrogen-bond donors (Lipinski definition) is 2. The normalized spacial score (nSPS) is 16.4. The molecule has 7 heteroatoms. The second-order valence-electron chi connectivity index (χ2n) is 4.22. The third-order valence-electron chi connectivity index (χ3n) is 2.96. The zero-order valence-corrected chi connectivity index (χ0v) is 11.2. The molecular formula is C12H15N5OS. The van der Waals surface area contributed by atoms with Gasteiger partial charge in [0.15, 0.2) is 0 Å². The number of pyridine rings is 1. The van der Waals surface area contributed by atoms with Crippen molar-refractivity contribution in [1.82, 2.24) is 14.4 Å². The van der Waals surface area contributed by atoms with E-state index in [0.717, 1.165) is 42.4 Å². The molecule has 1 fully saturated rings. The van der Waals surface area contributed by atoms with Gasteiger partial charge in [-0.3, -0.25) is 4.98 Å². The van der Waals surface area contributed by atoms with Crippen molar-refractivity contribution in [2.75, 3.05) is 37.5 Å². The van der Waals surface area contributed by atoms with E-state index >= 15 is 0 Å². The van der Waals surface area contributed by atoms with Crippen molar-refractivity contribution < 1.29 is 4.74 Å². The Kier molecular flexibility index (Phi) is 3.58. The van der Waals surface area contributed by atoms with Crippen LogP contribution in [0.5, 0.6) is 0 Å². The Morgan fingerprint density at radius 3 is 2.74 bits per heavy atom. The number of ether oxygens (including phenoxy) is 1. The third-order valence-corrected chi connectivity index (χ3v) is 3.72. The average Bonchev–Trinajstić information content (AvgIpc) is 2.82. The van der Waals surface area contributed by atoms with Crippen LogP contribution in [-0.4, -0.2) is 40.7 Å². The molecule has 100 valence electrons. The minimum absolute atomic E-state index is 0.548. The second-order valence-corrected chi connectivity index (χ2v) is 4.99. The van der Waals surface area contributed by atoms with Crippen LogP contribution in [0.3, 0.4) is 0 Å². The predicted molar refractivity (Wildman–Crippen MR) is 75.8 cm³/mol. The van der Waals surface area contributed by atoms with E-state index in [1.807, 2.05) is 12.1 Å². The van der Waals surface area contributed by atoms with Crippen LogP contribution in [0.4, 0.5) is 10.8 Å². The molecule has 0 radical (unpaired) electrons. The summed E-state index contributed by atoms with van der Waals surface area (Å²) in [5.74, 6) is 0.548. The fourth-order valence-corrected chi connectivity index (χ4v) is 2.76. The van der Waals surface area contributed by atoms with E-state index in [9.17, 15) is 0 Å². The van der Waals surface area contributed by atoms with Gasteiger partial charge in [-0.05, 0) is 29.2 Å². The number of hydrogen-bond acceptors (Lipinski definition) is 7. The average molecular weight is 277 g/mol. The number of hydrazine groups is 1. The Bertz CT molecular complexity index is 538. The lowest BCUT2D eigenvalue weighted by molar-refractivity contribution is 0.0499. The summed E-state index contributed by atoms with van der Waals surface area (Å²) in [6.07, 6.45) is 3.51. The molecule has 0 spiro atoms. The smallest absolute Gasteiger partial charge is 0.147 e. The van der Waals surface area contributed by atoms with Gasteiger partial charge in [0, 0.05) is 25.5 Å². The van der Waals surface area contributed by atoms with Crippen molar-refractivity contribution in [3.63, 3.8) is 0 Å². The van der Waals surface area contributed by atoms with Gasteiger partial charge in [-0.15, -0.1) is 0 Å². The van der Waals surface area contributed by atoms with E-state index in [1.165, 1.54) is 11.5 Å². The number of nitrogens with one attached hydrogen (secondary N) is 1. The Hall–Kier alpha value is -1.70. The number of nitrogen functional groups attached to an aromatic ring is 1. The maximum atomic E-state index is 5.97. The van der Waals surface area contributed by atoms with Gasteiger partial charge in [0.25, 0.3) is 0 Å². The van der Waals surface area contributed by atoms with E-state index in [4.69, 9.17) is 10.5 Å². The zero-order chi connectivity index (χ0) is 13.1. The van der Waals surface area contributed by atoms with Crippen molar-refractivity contribution in [3.8, 4) is 11.1 Å². The van der Waals surface area contributed by atoms with E-state index in [1.54, 1.807) is 12.4 Å². The first-order chi connectivity index (χ1) is 9.34. The van der Waals surface area contributed by atoms with Crippen LogP contribution in [0.15, 0.2) is 24.5 Å². The Balaban J connectivity index is 1.86. The van der Waals surface area contributed by atoms with Gasteiger partial charge in [-0.1, -0.05) is 0 Å². The summed E-state index contributed by atoms with van der Waals surface area (Å²) in [5, 5.41) is 3.09. The molecule has 0 aliphatic carbocycles. The topological polar surface area (TPSA) is 76.3 Å². The highest BCUT2D eigenvalue weighted by Gasteiger charge is 2.17. The lowest BCUT2D eigenvalue weighted by Gasteiger charge is -2.27. The minimum atomic E-state index is 0.548. The predicted octanol–water partition coefficient (Wildman–Crippen LogP) is 1.45. The Morgan fingerprint density at radius 2 is 2.00 bits per heavy atom. The molecule has 1 saturated heterocycles. The number of nitrogens with zero attached hydrogens (tertiary/aromatic N) is 3. The number of rotatable bonds is 3. The molecule has 3 heterocycles. The minimum Gasteiger partial charge on any atom is -0.382 e. The first-order valence-corrected chi connectivity index (χ1v) is 6.87. The molecule has 3 N–H and O–H groups in total. The highest BCUT2D eigenvalue weighted by molar-refractivity contribution is 7.11. The van der Waals surface area contributed by atoms with Crippen molar-refractivity contribution >= 4 is 22.4 Å². The molecular weight excluding hydrogens is 262 g/mol. The summed E-state index contributed by atoms with van der Waals surface area (Å²) in [6, 6.07) is 3.87. The summed E-state index contributed by atoms with van der Waals surface area (Å²) in [5.41, 5.74) is 11.3. The van der Waals surface area contributed by atoms with Gasteiger partial charge in [0.1, 0.15) is 10.8 Å². The van der Waals surface area contributed by atoms with Gasteiger partial charge in [-0.2, -0.15) is 4.37 Å². The van der Waals surface area contributed by atoms with Crippen molar-refractivity contribution in [2.24, 2.45) is 0 Å². The fraction of sp³-hybridized carbons (Fsp3) is 0.333. The molecule has 0 unspecified atom stereocenters. The number of morpholine rings is 1. The molecule has 0 amide bonds. The molecule has 2 aromatic heterocycles. The second kappa shape index (κ2) is 5.52. The summed E-state index contributed by atoms with van der Waals surface area (Å²) in [6.45, 7) is 3.19. The largest absolute Gasteiger partial charge is 0.382 e. The van der Waals surface area contributed by atoms with Crippen molar-refractivity contribution in [2.45, 2.75) is 0 Å². The first kappa shape index (κ1) is 12.3. The van der Waals surface area contributed by atoms with E-state index < -0.39 is 0 Å². The SMILES string of the molecule is Nc1nsc(NN2CCOCC2)c1-c1ccncc1. The molecule has 1 aliphatic heterocycles. The number of anilines is 2. The molecule has 6 nitrogen and oxygen atoms in total. The van der Waals surface area contributed by atoms with Crippen LogP contribution < -0.4 is 11.2 Å². The summed E-state index contributed by atoms with van der Waals surface area (Å²) >= 11 is 1.38. The third kappa shape index (κ3) is 2.67. The molecule has 3 rings (SSSR count). The molecule has 1 aliphatic rings. The van der Waals surface area contributed by atoms with E-state index in [2.05, 4.69) is 19.8 Å². The van der Waals surface area contributed by atoms with Gasteiger partial charge in [0.2, 0.25) is 0 Å². The zero-order valence-electron chi connectivity index (χ0n) is 10.4. The molecule has 19 heavy (non-hydrogen) atoms. The number of aromatic nitrogens is 2. The highest BCUT2D eigenvalue weighted by Crippen LogP contribution is 2.36. The Labute approximate surface area is 115 Å². The van der Waals surface area contributed by atoms with Gasteiger partial charge in [-0.25, -0.2) is 5.01 Å². The Morgan fingerprint density at radius 1 is 1.26 bits per heavy atom. The van der Waals surface area contributed by atoms with Crippen LogP contribution in [0.1, 0.15) is 0 Å². The molecule has 2 aromatic rings. The molecule has 0 bridgehead atoms. The van der Waals surface area contributed by atoms with E-state index in [-0.39, 0.29) is 0 Å².